The molecule has 0 amide bonds. The van der Waals surface area contributed by atoms with E-state index in [1.165, 1.54) is 12.5 Å². The number of H-pyrrole nitrogens is 1. The minimum Gasteiger partial charge on any atom is -0.377 e. The number of para-hydroxylation sites is 1. The molecule has 1 aromatic carbocycles. The van der Waals surface area contributed by atoms with E-state index in [-0.39, 0.29) is 17.0 Å². The summed E-state index contributed by atoms with van der Waals surface area (Å²) in [6.07, 6.45) is 3.67. The zero-order chi connectivity index (χ0) is 15.5. The van der Waals surface area contributed by atoms with Gasteiger partial charge in [0.25, 0.3) is 0 Å². The van der Waals surface area contributed by atoms with Crippen molar-refractivity contribution in [1.29, 1.82) is 0 Å². The number of likely N-dealkylation sites (N-methyl/N-ethyl adjacent to an activating group) is 1. The number of rotatable bonds is 4. The number of hydrogen-bond acceptors (Lipinski definition) is 3. The van der Waals surface area contributed by atoms with Gasteiger partial charge >= 0.3 is 0 Å². The summed E-state index contributed by atoms with van der Waals surface area (Å²) in [5, 5.41) is 0.391. The SMILES string of the molecule is CN(Cc1cc(=O)c2cccc(F)c2[nH]1)C[C@@H]1CCCCO1. The molecule has 2 heterocycles. The topological polar surface area (TPSA) is 45.3 Å². The van der Waals surface area contributed by atoms with Gasteiger partial charge in [0, 0.05) is 36.8 Å². The summed E-state index contributed by atoms with van der Waals surface area (Å²) in [4.78, 5) is 17.2. The largest absolute Gasteiger partial charge is 0.377 e. The number of nitrogens with one attached hydrogen (secondary N) is 1. The standard InChI is InChI=1S/C17H21FN2O2/c1-20(11-13-5-2-3-8-22-13)10-12-9-16(21)14-6-4-7-15(18)17(14)19-12/h4,6-7,9,13H,2-3,5,8,10-11H2,1H3,(H,19,21)/t13-/m0/s1. The molecular weight excluding hydrogens is 283 g/mol. The quantitative estimate of drug-likeness (QED) is 0.944. The lowest BCUT2D eigenvalue weighted by Crippen LogP contribution is -2.33. The Kier molecular flexibility index (Phi) is 4.55. The fourth-order valence-corrected chi connectivity index (χ4v) is 3.03. The van der Waals surface area contributed by atoms with Crippen LogP contribution in [0.15, 0.2) is 29.1 Å². The lowest BCUT2D eigenvalue weighted by molar-refractivity contribution is -0.00273. The van der Waals surface area contributed by atoms with Crippen LogP contribution < -0.4 is 5.43 Å². The van der Waals surface area contributed by atoms with Crippen LogP contribution in [0.25, 0.3) is 10.9 Å². The Balaban J connectivity index is 1.75. The van der Waals surface area contributed by atoms with Crippen LogP contribution in [0.3, 0.4) is 0 Å². The van der Waals surface area contributed by atoms with Gasteiger partial charge in [-0.1, -0.05) is 6.07 Å². The van der Waals surface area contributed by atoms with Crippen LogP contribution in [-0.2, 0) is 11.3 Å². The predicted molar refractivity (Wildman–Crippen MR) is 84.5 cm³/mol. The number of aromatic nitrogens is 1. The normalized spacial score (nSPS) is 19.0. The van der Waals surface area contributed by atoms with E-state index in [0.29, 0.717) is 11.9 Å². The maximum absolute atomic E-state index is 13.9. The van der Waals surface area contributed by atoms with Gasteiger partial charge in [0.2, 0.25) is 0 Å². The molecule has 1 N–H and O–H groups in total. The maximum Gasteiger partial charge on any atom is 0.189 e. The highest BCUT2D eigenvalue weighted by Gasteiger charge is 2.16. The molecule has 22 heavy (non-hydrogen) atoms. The first-order valence-corrected chi connectivity index (χ1v) is 7.74. The molecule has 0 aliphatic carbocycles. The Hall–Kier alpha value is -1.72. The van der Waals surface area contributed by atoms with Crippen molar-refractivity contribution < 1.29 is 9.13 Å². The van der Waals surface area contributed by atoms with Gasteiger partial charge in [0.15, 0.2) is 5.43 Å². The van der Waals surface area contributed by atoms with Crippen LogP contribution in [0.2, 0.25) is 0 Å². The second-order valence-corrected chi connectivity index (χ2v) is 6.01. The lowest BCUT2D eigenvalue weighted by atomic mass is 10.1. The van der Waals surface area contributed by atoms with E-state index in [1.807, 2.05) is 7.05 Å². The Morgan fingerprint density at radius 3 is 3.05 bits per heavy atom. The van der Waals surface area contributed by atoms with Crippen LogP contribution in [-0.4, -0.2) is 36.2 Å². The Morgan fingerprint density at radius 1 is 1.41 bits per heavy atom. The highest BCUT2D eigenvalue weighted by atomic mass is 19.1. The first kappa shape index (κ1) is 15.2. The number of fused-ring (bicyclic) bond motifs is 1. The molecule has 1 saturated heterocycles. The maximum atomic E-state index is 13.9. The number of aromatic amines is 1. The molecule has 0 saturated carbocycles. The molecule has 0 unspecified atom stereocenters. The van der Waals surface area contributed by atoms with Crippen molar-refractivity contribution >= 4 is 10.9 Å². The number of benzene rings is 1. The fraction of sp³-hybridized carbons (Fsp3) is 0.471. The summed E-state index contributed by atoms with van der Waals surface area (Å²) in [5.74, 6) is -0.394. The van der Waals surface area contributed by atoms with Crippen LogP contribution in [0.5, 0.6) is 0 Å². The first-order chi connectivity index (χ1) is 10.6. The van der Waals surface area contributed by atoms with Crippen molar-refractivity contribution in [3.05, 3.63) is 46.0 Å². The number of pyridine rings is 1. The summed E-state index contributed by atoms with van der Waals surface area (Å²) < 4.78 is 19.6. The molecule has 2 aromatic rings. The van der Waals surface area contributed by atoms with E-state index in [1.54, 1.807) is 18.2 Å². The van der Waals surface area contributed by atoms with Crippen molar-refractivity contribution in [2.75, 3.05) is 20.2 Å². The second kappa shape index (κ2) is 6.58. The van der Waals surface area contributed by atoms with Crippen molar-refractivity contribution in [3.8, 4) is 0 Å². The number of nitrogens with zero attached hydrogens (tertiary/aromatic N) is 1. The number of ether oxygens (including phenoxy) is 1. The zero-order valence-corrected chi connectivity index (χ0v) is 12.8. The van der Waals surface area contributed by atoms with E-state index < -0.39 is 5.82 Å². The van der Waals surface area contributed by atoms with E-state index in [4.69, 9.17) is 4.74 Å². The highest BCUT2D eigenvalue weighted by molar-refractivity contribution is 5.78. The van der Waals surface area contributed by atoms with Crippen molar-refractivity contribution in [1.82, 2.24) is 9.88 Å². The molecule has 1 fully saturated rings. The van der Waals surface area contributed by atoms with Crippen LogP contribution in [0, 0.1) is 5.82 Å². The van der Waals surface area contributed by atoms with Gasteiger partial charge in [-0.3, -0.25) is 9.69 Å². The number of hydrogen-bond donors (Lipinski definition) is 1. The van der Waals surface area contributed by atoms with Gasteiger partial charge in [0.05, 0.1) is 11.6 Å². The van der Waals surface area contributed by atoms with Crippen LogP contribution in [0.1, 0.15) is 25.0 Å². The van der Waals surface area contributed by atoms with E-state index in [0.717, 1.165) is 31.7 Å². The molecule has 1 aliphatic rings. The Labute approximate surface area is 128 Å². The third-order valence-corrected chi connectivity index (χ3v) is 4.10. The smallest absolute Gasteiger partial charge is 0.189 e. The average molecular weight is 304 g/mol. The minimum atomic E-state index is -0.394. The lowest BCUT2D eigenvalue weighted by Gasteiger charge is -2.27. The first-order valence-electron chi connectivity index (χ1n) is 7.74. The average Bonchev–Trinajstić information content (AvgIpc) is 2.49. The molecule has 4 nitrogen and oxygen atoms in total. The van der Waals surface area contributed by atoms with Gasteiger partial charge in [-0.2, -0.15) is 0 Å². The molecule has 5 heteroatoms. The van der Waals surface area contributed by atoms with Gasteiger partial charge in [-0.15, -0.1) is 0 Å². The van der Waals surface area contributed by atoms with Gasteiger partial charge < -0.3 is 9.72 Å². The summed E-state index contributed by atoms with van der Waals surface area (Å²) in [7, 11) is 1.99. The molecular formula is C17H21FN2O2. The second-order valence-electron chi connectivity index (χ2n) is 6.01. The summed E-state index contributed by atoms with van der Waals surface area (Å²) in [5.41, 5.74) is 0.860. The number of halogens is 1. The van der Waals surface area contributed by atoms with E-state index in [9.17, 15) is 9.18 Å². The molecule has 0 spiro atoms. The monoisotopic (exact) mass is 304 g/mol. The summed E-state index contributed by atoms with van der Waals surface area (Å²) in [6, 6.07) is 6.11. The van der Waals surface area contributed by atoms with Crippen molar-refractivity contribution in [2.24, 2.45) is 0 Å². The molecule has 1 aromatic heterocycles. The van der Waals surface area contributed by atoms with Crippen molar-refractivity contribution in [2.45, 2.75) is 31.9 Å². The summed E-state index contributed by atoms with van der Waals surface area (Å²) >= 11 is 0. The van der Waals surface area contributed by atoms with Gasteiger partial charge in [0.1, 0.15) is 5.82 Å². The predicted octanol–water partition coefficient (Wildman–Crippen LogP) is 2.67. The molecule has 118 valence electrons. The van der Waals surface area contributed by atoms with Crippen molar-refractivity contribution in [3.63, 3.8) is 0 Å². The molecule has 3 rings (SSSR count). The van der Waals surface area contributed by atoms with E-state index >= 15 is 0 Å². The Bertz CT molecular complexity index is 707. The van der Waals surface area contributed by atoms with E-state index in [2.05, 4.69) is 9.88 Å². The van der Waals surface area contributed by atoms with Crippen LogP contribution in [0.4, 0.5) is 4.39 Å². The third-order valence-electron chi connectivity index (χ3n) is 4.10. The fourth-order valence-electron chi connectivity index (χ4n) is 3.03. The Morgan fingerprint density at radius 2 is 2.27 bits per heavy atom. The third kappa shape index (κ3) is 3.36. The van der Waals surface area contributed by atoms with Crippen LogP contribution >= 0.6 is 0 Å². The molecule has 1 atom stereocenters. The van der Waals surface area contributed by atoms with Gasteiger partial charge in [-0.05, 0) is 38.4 Å². The van der Waals surface area contributed by atoms with Gasteiger partial charge in [-0.25, -0.2) is 4.39 Å². The molecule has 0 radical (unpaired) electrons. The minimum absolute atomic E-state index is 0.148. The zero-order valence-electron chi connectivity index (χ0n) is 12.8. The summed E-state index contributed by atoms with van der Waals surface area (Å²) in [6.45, 7) is 2.22. The molecule has 0 bridgehead atoms. The highest BCUT2D eigenvalue weighted by Crippen LogP contribution is 2.15. The molecule has 1 aliphatic heterocycles.